The van der Waals surface area contributed by atoms with Crippen LogP contribution in [0.2, 0.25) is 0 Å². The van der Waals surface area contributed by atoms with Crippen LogP contribution in [0.5, 0.6) is 0 Å². The monoisotopic (exact) mass is 310 g/mol. The number of Topliss-reactive ketones (excluding diaryl/α,β-unsaturated/α-hetero) is 1. The zero-order chi connectivity index (χ0) is 16.9. The van der Waals surface area contributed by atoms with Crippen molar-refractivity contribution in [3.8, 4) is 0 Å². The molecule has 0 fully saturated rings. The van der Waals surface area contributed by atoms with Crippen molar-refractivity contribution >= 4 is 5.78 Å². The van der Waals surface area contributed by atoms with Crippen molar-refractivity contribution in [3.05, 3.63) is 71.8 Å². The van der Waals surface area contributed by atoms with Crippen molar-refractivity contribution in [1.29, 1.82) is 0 Å². The summed E-state index contributed by atoms with van der Waals surface area (Å²) in [6.45, 7) is 5.20. The number of hydrogen-bond donors (Lipinski definition) is 1. The lowest BCUT2D eigenvalue weighted by molar-refractivity contribution is -0.129. The molecule has 2 aromatic carbocycles. The molecule has 0 radical (unpaired) electrons. The Morgan fingerprint density at radius 3 is 1.78 bits per heavy atom. The third-order valence-electron chi connectivity index (χ3n) is 4.63. The Morgan fingerprint density at radius 2 is 1.39 bits per heavy atom. The highest BCUT2D eigenvalue weighted by molar-refractivity contribution is 5.81. The van der Waals surface area contributed by atoms with Crippen LogP contribution in [0.3, 0.4) is 0 Å². The molecular formula is C21H26O2. The second-order valence-electron chi connectivity index (χ2n) is 6.75. The van der Waals surface area contributed by atoms with Gasteiger partial charge >= 0.3 is 0 Å². The Morgan fingerprint density at radius 1 is 0.957 bits per heavy atom. The summed E-state index contributed by atoms with van der Waals surface area (Å²) in [5, 5.41) is 10.0. The van der Waals surface area contributed by atoms with Gasteiger partial charge in [-0.05, 0) is 31.4 Å². The zero-order valence-corrected chi connectivity index (χ0v) is 14.2. The first-order valence-corrected chi connectivity index (χ1v) is 8.24. The van der Waals surface area contributed by atoms with E-state index in [0.717, 1.165) is 6.42 Å². The zero-order valence-electron chi connectivity index (χ0n) is 14.2. The van der Waals surface area contributed by atoms with Gasteiger partial charge in [0.2, 0.25) is 0 Å². The van der Waals surface area contributed by atoms with Crippen molar-refractivity contribution in [3.63, 3.8) is 0 Å². The molecule has 0 heterocycles. The Balaban J connectivity index is 2.15. The summed E-state index contributed by atoms with van der Waals surface area (Å²) in [6, 6.07) is 20.6. The molecule has 122 valence electrons. The van der Waals surface area contributed by atoms with E-state index in [9.17, 15) is 9.90 Å². The molecule has 0 aromatic heterocycles. The Hall–Kier alpha value is -1.93. The smallest absolute Gasteiger partial charge is 0.138 e. The predicted octanol–water partition coefficient (Wildman–Crippen LogP) is 4.57. The molecule has 1 N–H and O–H groups in total. The number of benzene rings is 2. The number of ketones is 1. The van der Waals surface area contributed by atoms with Gasteiger partial charge in [-0.25, -0.2) is 0 Å². The first-order valence-electron chi connectivity index (χ1n) is 8.24. The first kappa shape index (κ1) is 17.4. The van der Waals surface area contributed by atoms with E-state index >= 15 is 0 Å². The van der Waals surface area contributed by atoms with E-state index in [4.69, 9.17) is 0 Å². The van der Waals surface area contributed by atoms with Crippen LogP contribution >= 0.6 is 0 Å². The minimum absolute atomic E-state index is 0.120. The van der Waals surface area contributed by atoms with Crippen molar-refractivity contribution < 1.29 is 9.90 Å². The molecule has 0 aliphatic rings. The summed E-state index contributed by atoms with van der Waals surface area (Å²) in [6.07, 6.45) is 1.23. The molecule has 0 unspecified atom stereocenters. The van der Waals surface area contributed by atoms with Crippen molar-refractivity contribution in [2.45, 2.75) is 45.1 Å². The highest BCUT2D eigenvalue weighted by Gasteiger charge is 2.29. The van der Waals surface area contributed by atoms with Gasteiger partial charge in [-0.2, -0.15) is 0 Å². The van der Waals surface area contributed by atoms with E-state index in [2.05, 4.69) is 24.3 Å². The third kappa shape index (κ3) is 4.77. The fourth-order valence-electron chi connectivity index (χ4n) is 2.79. The van der Waals surface area contributed by atoms with Gasteiger partial charge in [0.1, 0.15) is 5.78 Å². The van der Waals surface area contributed by atoms with E-state index < -0.39 is 5.60 Å². The van der Waals surface area contributed by atoms with Crippen LogP contribution in [0.4, 0.5) is 0 Å². The van der Waals surface area contributed by atoms with Gasteiger partial charge in [-0.3, -0.25) is 4.79 Å². The molecule has 0 amide bonds. The Bertz CT molecular complexity index is 572. The lowest BCUT2D eigenvalue weighted by atomic mass is 9.82. The fourth-order valence-corrected chi connectivity index (χ4v) is 2.79. The van der Waals surface area contributed by atoms with Crippen LogP contribution in [-0.2, 0) is 4.79 Å². The molecule has 0 bridgehead atoms. The molecule has 0 saturated heterocycles. The standard InChI is InChI=1S/C21H26O2/c1-16(21(2,3)23)20(22)15-14-19(17-10-6-4-7-11-17)18-12-8-5-9-13-18/h4-13,16,19,23H,14-15H2,1-3H3/t16-/m1/s1. The van der Waals surface area contributed by atoms with Gasteiger partial charge in [0.25, 0.3) is 0 Å². The van der Waals surface area contributed by atoms with Crippen molar-refractivity contribution in [2.75, 3.05) is 0 Å². The summed E-state index contributed by atoms with van der Waals surface area (Å²) >= 11 is 0. The average Bonchev–Trinajstić information content (AvgIpc) is 2.55. The average molecular weight is 310 g/mol. The van der Waals surface area contributed by atoms with Crippen LogP contribution in [0.1, 0.15) is 50.7 Å². The molecule has 1 atom stereocenters. The second kappa shape index (κ2) is 7.56. The third-order valence-corrected chi connectivity index (χ3v) is 4.63. The number of hydrogen-bond acceptors (Lipinski definition) is 2. The molecule has 2 aromatic rings. The number of carbonyl (C=O) groups excluding carboxylic acids is 1. The lowest BCUT2D eigenvalue weighted by Crippen LogP contribution is -2.34. The van der Waals surface area contributed by atoms with Crippen LogP contribution in [-0.4, -0.2) is 16.5 Å². The Labute approximate surface area is 139 Å². The van der Waals surface area contributed by atoms with Crippen LogP contribution in [0.25, 0.3) is 0 Å². The highest BCUT2D eigenvalue weighted by Crippen LogP contribution is 2.30. The number of rotatable bonds is 7. The van der Waals surface area contributed by atoms with Gasteiger partial charge in [-0.1, -0.05) is 67.6 Å². The van der Waals surface area contributed by atoms with Gasteiger partial charge in [0.15, 0.2) is 0 Å². The summed E-state index contributed by atoms with van der Waals surface area (Å²) in [5.41, 5.74) is 1.48. The molecular weight excluding hydrogens is 284 g/mol. The van der Waals surface area contributed by atoms with Gasteiger partial charge in [-0.15, -0.1) is 0 Å². The normalized spacial score (nSPS) is 13.1. The Kier molecular flexibility index (Phi) is 5.73. The largest absolute Gasteiger partial charge is 0.390 e. The van der Waals surface area contributed by atoms with Crippen LogP contribution < -0.4 is 0 Å². The van der Waals surface area contributed by atoms with E-state index in [1.54, 1.807) is 13.8 Å². The SMILES string of the molecule is C[C@H](C(=O)CCC(c1ccccc1)c1ccccc1)C(C)(C)O. The minimum Gasteiger partial charge on any atom is -0.390 e. The first-order chi connectivity index (χ1) is 10.9. The molecule has 2 nitrogen and oxygen atoms in total. The van der Waals surface area contributed by atoms with E-state index in [-0.39, 0.29) is 17.6 Å². The molecule has 0 aliphatic heterocycles. The predicted molar refractivity (Wildman–Crippen MR) is 94.4 cm³/mol. The molecule has 2 rings (SSSR count). The van der Waals surface area contributed by atoms with Crippen molar-refractivity contribution in [2.24, 2.45) is 5.92 Å². The quantitative estimate of drug-likeness (QED) is 0.813. The highest BCUT2D eigenvalue weighted by atomic mass is 16.3. The van der Waals surface area contributed by atoms with Crippen LogP contribution in [0.15, 0.2) is 60.7 Å². The minimum atomic E-state index is -0.966. The molecule has 23 heavy (non-hydrogen) atoms. The molecule has 2 heteroatoms. The maximum absolute atomic E-state index is 12.4. The summed E-state index contributed by atoms with van der Waals surface area (Å²) in [7, 11) is 0. The van der Waals surface area contributed by atoms with E-state index in [1.807, 2.05) is 43.3 Å². The van der Waals surface area contributed by atoms with Crippen molar-refractivity contribution in [1.82, 2.24) is 0 Å². The second-order valence-corrected chi connectivity index (χ2v) is 6.75. The maximum atomic E-state index is 12.4. The molecule has 0 aliphatic carbocycles. The topological polar surface area (TPSA) is 37.3 Å². The number of aliphatic hydroxyl groups is 1. The summed E-state index contributed by atoms with van der Waals surface area (Å²) in [4.78, 5) is 12.4. The van der Waals surface area contributed by atoms with Gasteiger partial charge in [0, 0.05) is 18.3 Å². The van der Waals surface area contributed by atoms with Gasteiger partial charge < -0.3 is 5.11 Å². The van der Waals surface area contributed by atoms with E-state index in [0.29, 0.717) is 6.42 Å². The summed E-state index contributed by atoms with van der Waals surface area (Å²) in [5.74, 6) is -0.0283. The summed E-state index contributed by atoms with van der Waals surface area (Å²) < 4.78 is 0. The van der Waals surface area contributed by atoms with E-state index in [1.165, 1.54) is 11.1 Å². The van der Waals surface area contributed by atoms with Crippen LogP contribution in [0, 0.1) is 5.92 Å². The van der Waals surface area contributed by atoms with Gasteiger partial charge in [0.05, 0.1) is 5.60 Å². The lowest BCUT2D eigenvalue weighted by Gasteiger charge is -2.25. The molecule has 0 saturated carbocycles. The maximum Gasteiger partial charge on any atom is 0.138 e. The fraction of sp³-hybridized carbons (Fsp3) is 0.381. The molecule has 0 spiro atoms. The number of carbonyl (C=O) groups is 1.